The van der Waals surface area contributed by atoms with Crippen molar-refractivity contribution in [1.29, 1.82) is 0 Å². The largest absolute Gasteiger partial charge is 0.481 e. The monoisotopic (exact) mass is 228 g/mol. The van der Waals surface area contributed by atoms with Gasteiger partial charge in [0.05, 0.1) is 5.56 Å². The maximum Gasteiger partial charge on any atom is 0.341 e. The first-order valence-electron chi connectivity index (χ1n) is 4.16. The molecule has 1 aromatic carbocycles. The molecule has 1 rings (SSSR count). The zero-order chi connectivity index (χ0) is 11.4. The van der Waals surface area contributed by atoms with Crippen molar-refractivity contribution in [3.63, 3.8) is 0 Å². The molecule has 5 heteroatoms. The van der Waals surface area contributed by atoms with E-state index in [0.29, 0.717) is 5.02 Å². The first-order valence-corrected chi connectivity index (χ1v) is 4.53. The SMILES string of the molecule is CC(=O)c1cc(Cl)ccc1OCC(=O)O. The summed E-state index contributed by atoms with van der Waals surface area (Å²) in [7, 11) is 0. The van der Waals surface area contributed by atoms with Gasteiger partial charge in [0, 0.05) is 5.02 Å². The Balaban J connectivity index is 2.95. The molecule has 0 saturated heterocycles. The van der Waals surface area contributed by atoms with E-state index in [2.05, 4.69) is 0 Å². The minimum atomic E-state index is -1.10. The number of carboxylic acids is 1. The molecule has 0 aliphatic rings. The van der Waals surface area contributed by atoms with Gasteiger partial charge in [0.1, 0.15) is 5.75 Å². The molecule has 0 radical (unpaired) electrons. The molecule has 0 aliphatic heterocycles. The minimum absolute atomic E-state index is 0.224. The maximum absolute atomic E-state index is 11.2. The second-order valence-corrected chi connectivity index (χ2v) is 3.32. The van der Waals surface area contributed by atoms with Crippen LogP contribution in [-0.4, -0.2) is 23.5 Å². The topological polar surface area (TPSA) is 63.6 Å². The Bertz CT molecular complexity index is 400. The van der Waals surface area contributed by atoms with Crippen LogP contribution in [0.25, 0.3) is 0 Å². The number of aliphatic carboxylic acids is 1. The third kappa shape index (κ3) is 3.25. The number of benzene rings is 1. The summed E-state index contributed by atoms with van der Waals surface area (Å²) in [6, 6.07) is 4.45. The summed E-state index contributed by atoms with van der Waals surface area (Å²) < 4.78 is 4.94. The number of ketones is 1. The molecule has 0 aliphatic carbocycles. The van der Waals surface area contributed by atoms with Gasteiger partial charge in [-0.25, -0.2) is 4.79 Å². The van der Waals surface area contributed by atoms with Crippen LogP contribution in [0.5, 0.6) is 5.75 Å². The third-order valence-corrected chi connectivity index (χ3v) is 1.91. The van der Waals surface area contributed by atoms with Crippen LogP contribution in [0.2, 0.25) is 5.02 Å². The summed E-state index contributed by atoms with van der Waals surface area (Å²) >= 11 is 5.70. The van der Waals surface area contributed by atoms with Crippen LogP contribution >= 0.6 is 11.6 Å². The van der Waals surface area contributed by atoms with Crippen LogP contribution < -0.4 is 4.74 Å². The second kappa shape index (κ2) is 4.79. The molecule has 0 amide bonds. The van der Waals surface area contributed by atoms with Crippen molar-refractivity contribution >= 4 is 23.4 Å². The van der Waals surface area contributed by atoms with Crippen molar-refractivity contribution in [1.82, 2.24) is 0 Å². The van der Waals surface area contributed by atoms with Gasteiger partial charge in [-0.2, -0.15) is 0 Å². The number of hydrogen-bond donors (Lipinski definition) is 1. The summed E-state index contributed by atoms with van der Waals surface area (Å²) in [5.74, 6) is -1.09. The number of hydrogen-bond acceptors (Lipinski definition) is 3. The van der Waals surface area contributed by atoms with Gasteiger partial charge in [-0.15, -0.1) is 0 Å². The highest BCUT2D eigenvalue weighted by Gasteiger charge is 2.10. The number of carboxylic acid groups (broad SMARTS) is 1. The van der Waals surface area contributed by atoms with E-state index in [1.54, 1.807) is 0 Å². The fraction of sp³-hybridized carbons (Fsp3) is 0.200. The van der Waals surface area contributed by atoms with Gasteiger partial charge in [-0.05, 0) is 25.1 Å². The van der Waals surface area contributed by atoms with Gasteiger partial charge in [0.2, 0.25) is 0 Å². The van der Waals surface area contributed by atoms with Crippen molar-refractivity contribution in [2.45, 2.75) is 6.92 Å². The van der Waals surface area contributed by atoms with Crippen LogP contribution in [0.3, 0.4) is 0 Å². The van der Waals surface area contributed by atoms with E-state index in [0.717, 1.165) is 0 Å². The minimum Gasteiger partial charge on any atom is -0.481 e. The number of rotatable bonds is 4. The molecule has 0 heterocycles. The van der Waals surface area contributed by atoms with E-state index in [1.165, 1.54) is 25.1 Å². The Morgan fingerprint density at radius 3 is 2.67 bits per heavy atom. The maximum atomic E-state index is 11.2. The predicted octanol–water partition coefficient (Wildman–Crippen LogP) is 2.01. The number of carbonyl (C=O) groups excluding carboxylic acids is 1. The van der Waals surface area contributed by atoms with Crippen molar-refractivity contribution < 1.29 is 19.4 Å². The molecule has 0 bridgehead atoms. The number of halogens is 1. The van der Waals surface area contributed by atoms with E-state index in [-0.39, 0.29) is 17.1 Å². The lowest BCUT2D eigenvalue weighted by Crippen LogP contribution is -2.11. The van der Waals surface area contributed by atoms with Crippen LogP contribution in [0.1, 0.15) is 17.3 Å². The lowest BCUT2D eigenvalue weighted by atomic mass is 10.1. The van der Waals surface area contributed by atoms with Gasteiger partial charge >= 0.3 is 5.97 Å². The van der Waals surface area contributed by atoms with Gasteiger partial charge in [-0.3, -0.25) is 4.79 Å². The quantitative estimate of drug-likeness (QED) is 0.801. The summed E-state index contributed by atoms with van der Waals surface area (Å²) in [5, 5.41) is 8.83. The van der Waals surface area contributed by atoms with E-state index in [4.69, 9.17) is 21.4 Å². The van der Waals surface area contributed by atoms with Crippen molar-refractivity contribution in [3.8, 4) is 5.75 Å². The zero-order valence-electron chi connectivity index (χ0n) is 7.99. The lowest BCUT2D eigenvalue weighted by Gasteiger charge is -2.07. The van der Waals surface area contributed by atoms with E-state index in [1.807, 2.05) is 0 Å². The Morgan fingerprint density at radius 2 is 2.13 bits per heavy atom. The molecular weight excluding hydrogens is 220 g/mol. The Labute approximate surface area is 91.4 Å². The van der Waals surface area contributed by atoms with Crippen LogP contribution in [0.15, 0.2) is 18.2 Å². The zero-order valence-corrected chi connectivity index (χ0v) is 8.75. The van der Waals surface area contributed by atoms with E-state index < -0.39 is 12.6 Å². The van der Waals surface area contributed by atoms with Crippen LogP contribution in [-0.2, 0) is 4.79 Å². The van der Waals surface area contributed by atoms with Gasteiger partial charge in [0.25, 0.3) is 0 Å². The standard InChI is InChI=1S/C10H9ClO4/c1-6(12)8-4-7(11)2-3-9(8)15-5-10(13)14/h2-4H,5H2,1H3,(H,13,14). The highest BCUT2D eigenvalue weighted by atomic mass is 35.5. The second-order valence-electron chi connectivity index (χ2n) is 2.88. The predicted molar refractivity (Wildman–Crippen MR) is 54.6 cm³/mol. The Hall–Kier alpha value is -1.55. The van der Waals surface area contributed by atoms with Crippen molar-refractivity contribution in [2.75, 3.05) is 6.61 Å². The number of Topliss-reactive ketones (excluding diaryl/α,β-unsaturated/α-hetero) is 1. The van der Waals surface area contributed by atoms with E-state index in [9.17, 15) is 9.59 Å². The van der Waals surface area contributed by atoms with E-state index >= 15 is 0 Å². The molecule has 0 fully saturated rings. The average molecular weight is 229 g/mol. The third-order valence-electron chi connectivity index (χ3n) is 1.67. The molecule has 0 spiro atoms. The van der Waals surface area contributed by atoms with Crippen molar-refractivity contribution in [3.05, 3.63) is 28.8 Å². The first kappa shape index (κ1) is 11.5. The summed E-state index contributed by atoms with van der Waals surface area (Å²) in [6.45, 7) is 0.876. The highest BCUT2D eigenvalue weighted by molar-refractivity contribution is 6.31. The molecule has 80 valence electrons. The molecule has 1 aromatic rings. The average Bonchev–Trinajstić information content (AvgIpc) is 2.15. The molecule has 0 saturated carbocycles. The molecule has 0 unspecified atom stereocenters. The van der Waals surface area contributed by atoms with Gasteiger partial charge < -0.3 is 9.84 Å². The Kier molecular flexibility index (Phi) is 3.68. The smallest absolute Gasteiger partial charge is 0.341 e. The van der Waals surface area contributed by atoms with Gasteiger partial charge in [-0.1, -0.05) is 11.6 Å². The van der Waals surface area contributed by atoms with Crippen molar-refractivity contribution in [2.24, 2.45) is 0 Å². The molecule has 0 aromatic heterocycles. The fourth-order valence-electron chi connectivity index (χ4n) is 1.04. The highest BCUT2D eigenvalue weighted by Crippen LogP contribution is 2.23. The number of ether oxygens (including phenoxy) is 1. The Morgan fingerprint density at radius 1 is 1.47 bits per heavy atom. The molecule has 1 N–H and O–H groups in total. The first-order chi connectivity index (χ1) is 7.00. The summed E-state index contributed by atoms with van der Waals surface area (Å²) in [4.78, 5) is 21.5. The lowest BCUT2D eigenvalue weighted by molar-refractivity contribution is -0.139. The summed E-state index contributed by atoms with van der Waals surface area (Å²) in [6.07, 6.45) is 0. The molecular formula is C10H9ClO4. The fourth-order valence-corrected chi connectivity index (χ4v) is 1.21. The van der Waals surface area contributed by atoms with Gasteiger partial charge in [0.15, 0.2) is 12.4 Å². The number of carbonyl (C=O) groups is 2. The van der Waals surface area contributed by atoms with Crippen LogP contribution in [0.4, 0.5) is 0 Å². The van der Waals surface area contributed by atoms with Crippen LogP contribution in [0, 0.1) is 0 Å². The molecule has 0 atom stereocenters. The normalized spacial score (nSPS) is 9.73. The molecule has 4 nitrogen and oxygen atoms in total. The molecule has 15 heavy (non-hydrogen) atoms. The summed E-state index contributed by atoms with van der Waals surface area (Å²) in [5.41, 5.74) is 0.281.